The lowest BCUT2D eigenvalue weighted by Gasteiger charge is -2.30. The number of aromatic carboxylic acids is 1. The summed E-state index contributed by atoms with van der Waals surface area (Å²) in [6.07, 6.45) is 5.96. The van der Waals surface area contributed by atoms with E-state index in [9.17, 15) is 14.3 Å². The van der Waals surface area contributed by atoms with Crippen molar-refractivity contribution >= 4 is 27.5 Å². The molecule has 176 valence electrons. The number of benzene rings is 1. The molecular formula is C26H32FN3O2S. The molecule has 1 aromatic carbocycles. The van der Waals surface area contributed by atoms with Gasteiger partial charge in [0.05, 0.1) is 15.9 Å². The molecule has 0 saturated heterocycles. The van der Waals surface area contributed by atoms with Gasteiger partial charge in [0.2, 0.25) is 0 Å². The van der Waals surface area contributed by atoms with Crippen LogP contribution in [0.15, 0.2) is 24.3 Å². The lowest BCUT2D eigenvalue weighted by Crippen LogP contribution is -2.35. The minimum atomic E-state index is -0.860. The summed E-state index contributed by atoms with van der Waals surface area (Å²) >= 11 is 1.41. The van der Waals surface area contributed by atoms with E-state index in [0.717, 1.165) is 66.9 Å². The number of carboxylic acids is 1. The van der Waals surface area contributed by atoms with Gasteiger partial charge in [-0.1, -0.05) is 19.3 Å². The number of rotatable bonds is 5. The number of aromatic nitrogens is 1. The van der Waals surface area contributed by atoms with E-state index in [-0.39, 0.29) is 5.82 Å². The molecule has 1 fully saturated rings. The van der Waals surface area contributed by atoms with Gasteiger partial charge in [0.15, 0.2) is 0 Å². The zero-order chi connectivity index (χ0) is 23.1. The number of halogens is 1. The predicted molar refractivity (Wildman–Crippen MR) is 132 cm³/mol. The largest absolute Gasteiger partial charge is 0.477 e. The first-order valence-corrected chi connectivity index (χ1v) is 12.8. The monoisotopic (exact) mass is 469 g/mol. The minimum absolute atomic E-state index is 0.200. The second-order valence-electron chi connectivity index (χ2n) is 9.76. The lowest BCUT2D eigenvalue weighted by atomic mass is 9.82. The Balaban J connectivity index is 1.70. The highest BCUT2D eigenvalue weighted by Crippen LogP contribution is 2.48. The topological polar surface area (TPSA) is 48.7 Å². The minimum Gasteiger partial charge on any atom is -0.477 e. The van der Waals surface area contributed by atoms with Gasteiger partial charge in [0.25, 0.3) is 0 Å². The number of fused-ring (bicyclic) bond motifs is 5. The normalized spacial score (nSPS) is 17.7. The van der Waals surface area contributed by atoms with E-state index >= 15 is 0 Å². The standard InChI is InChI=1S/C26H32FN3O2S/c1-28(2)10-11-29-12-13-30-21-15-22(26(31)32)33-25(21)23(17-6-4-3-5-7-17)24(30)20-9-8-19(27)14-18(20)16-29/h8-9,14-15,17H,3-7,10-13,16H2,1-2H3,(H,31,32). The number of hydrogen-bond acceptors (Lipinski definition) is 4. The number of likely N-dealkylation sites (N-methyl/N-ethyl adjacent to an activating group) is 1. The van der Waals surface area contributed by atoms with Gasteiger partial charge in [-0.05, 0) is 68.2 Å². The second-order valence-corrected chi connectivity index (χ2v) is 10.8. The van der Waals surface area contributed by atoms with Crippen molar-refractivity contribution in [3.63, 3.8) is 0 Å². The molecule has 0 unspecified atom stereocenters. The summed E-state index contributed by atoms with van der Waals surface area (Å²) in [5.41, 5.74) is 5.65. The van der Waals surface area contributed by atoms with E-state index in [1.807, 2.05) is 12.1 Å². The third-order valence-corrected chi connectivity index (χ3v) is 8.36. The molecular weight excluding hydrogens is 437 g/mol. The fraction of sp³-hybridized carbons (Fsp3) is 0.500. The third kappa shape index (κ3) is 4.34. The zero-order valence-electron chi connectivity index (χ0n) is 19.4. The molecule has 2 aliphatic rings. The zero-order valence-corrected chi connectivity index (χ0v) is 20.3. The maximum atomic E-state index is 14.4. The molecule has 3 aromatic rings. The fourth-order valence-corrected chi connectivity index (χ4v) is 6.69. The van der Waals surface area contributed by atoms with Crippen LogP contribution in [0.25, 0.3) is 21.5 Å². The molecule has 33 heavy (non-hydrogen) atoms. The molecule has 5 nitrogen and oxygen atoms in total. The molecule has 5 rings (SSSR count). The summed E-state index contributed by atoms with van der Waals surface area (Å²) in [7, 11) is 4.14. The smallest absolute Gasteiger partial charge is 0.345 e. The summed E-state index contributed by atoms with van der Waals surface area (Å²) in [6, 6.07) is 7.07. The maximum Gasteiger partial charge on any atom is 0.345 e. The van der Waals surface area contributed by atoms with Gasteiger partial charge < -0.3 is 14.6 Å². The lowest BCUT2D eigenvalue weighted by molar-refractivity contribution is 0.0702. The van der Waals surface area contributed by atoms with Crippen molar-refractivity contribution in [2.24, 2.45) is 0 Å². The molecule has 3 heterocycles. The average molecular weight is 470 g/mol. The Labute approximate surface area is 198 Å². The van der Waals surface area contributed by atoms with Crippen molar-refractivity contribution in [1.82, 2.24) is 14.4 Å². The quantitative estimate of drug-likeness (QED) is 0.526. The van der Waals surface area contributed by atoms with Crippen molar-refractivity contribution in [3.8, 4) is 11.3 Å². The van der Waals surface area contributed by atoms with Crippen LogP contribution in [0.1, 0.15) is 58.8 Å². The van der Waals surface area contributed by atoms with Crippen LogP contribution in [-0.4, -0.2) is 59.2 Å². The van der Waals surface area contributed by atoms with Gasteiger partial charge in [-0.3, -0.25) is 4.90 Å². The van der Waals surface area contributed by atoms with Gasteiger partial charge in [0, 0.05) is 38.3 Å². The summed E-state index contributed by atoms with van der Waals surface area (Å²) in [6.45, 7) is 4.22. The first-order valence-electron chi connectivity index (χ1n) is 12.0. The van der Waals surface area contributed by atoms with Crippen molar-refractivity contribution < 1.29 is 14.3 Å². The van der Waals surface area contributed by atoms with E-state index in [1.165, 1.54) is 41.9 Å². The van der Waals surface area contributed by atoms with Crippen molar-refractivity contribution in [3.05, 3.63) is 46.1 Å². The van der Waals surface area contributed by atoms with Crippen LogP contribution >= 0.6 is 11.3 Å². The first-order chi connectivity index (χ1) is 15.9. The van der Waals surface area contributed by atoms with Gasteiger partial charge in [-0.2, -0.15) is 0 Å². The molecule has 2 aromatic heterocycles. The number of nitrogens with zero attached hydrogens (tertiary/aromatic N) is 3. The van der Waals surface area contributed by atoms with Gasteiger partial charge in [-0.15, -0.1) is 11.3 Å². The molecule has 1 saturated carbocycles. The van der Waals surface area contributed by atoms with Crippen LogP contribution in [0.5, 0.6) is 0 Å². The van der Waals surface area contributed by atoms with Crippen molar-refractivity contribution in [2.45, 2.75) is 51.1 Å². The number of carbonyl (C=O) groups is 1. The summed E-state index contributed by atoms with van der Waals surface area (Å²) in [5.74, 6) is -0.629. The van der Waals surface area contributed by atoms with Gasteiger partial charge in [0.1, 0.15) is 10.7 Å². The number of carboxylic acid groups (broad SMARTS) is 1. The molecule has 1 aliphatic carbocycles. The fourth-order valence-electron chi connectivity index (χ4n) is 5.56. The summed E-state index contributed by atoms with van der Waals surface area (Å²) < 4.78 is 17.8. The Kier molecular flexibility index (Phi) is 6.29. The first kappa shape index (κ1) is 22.6. The SMILES string of the molecule is CN(C)CCN1CCn2c(c(C3CCCCC3)c3sc(C(=O)O)cc32)-c2ccc(F)cc2C1. The average Bonchev–Trinajstić information content (AvgIpc) is 3.32. The second kappa shape index (κ2) is 9.20. The molecule has 0 radical (unpaired) electrons. The number of thiophene rings is 1. The third-order valence-electron chi connectivity index (χ3n) is 7.22. The van der Waals surface area contributed by atoms with E-state index in [2.05, 4.69) is 28.5 Å². The van der Waals surface area contributed by atoms with Crippen molar-refractivity contribution in [1.29, 1.82) is 0 Å². The molecule has 0 atom stereocenters. The van der Waals surface area contributed by atoms with E-state index < -0.39 is 5.97 Å². The molecule has 1 N–H and O–H groups in total. The van der Waals surface area contributed by atoms with Gasteiger partial charge >= 0.3 is 5.97 Å². The van der Waals surface area contributed by atoms with Crippen LogP contribution in [-0.2, 0) is 13.1 Å². The molecule has 0 bridgehead atoms. The van der Waals surface area contributed by atoms with E-state index in [0.29, 0.717) is 10.8 Å². The molecule has 0 spiro atoms. The predicted octanol–water partition coefficient (Wildman–Crippen LogP) is 5.63. The summed E-state index contributed by atoms with van der Waals surface area (Å²) in [4.78, 5) is 16.8. The Morgan fingerprint density at radius 2 is 1.97 bits per heavy atom. The van der Waals surface area contributed by atoms with Crippen molar-refractivity contribution in [2.75, 3.05) is 33.7 Å². The van der Waals surface area contributed by atoms with Crippen LogP contribution in [0.2, 0.25) is 0 Å². The van der Waals surface area contributed by atoms with E-state index in [4.69, 9.17) is 0 Å². The number of hydrogen-bond donors (Lipinski definition) is 1. The maximum absolute atomic E-state index is 14.4. The Hall–Kier alpha value is -2.22. The molecule has 7 heteroatoms. The van der Waals surface area contributed by atoms with Crippen LogP contribution in [0, 0.1) is 5.82 Å². The molecule has 1 aliphatic heterocycles. The van der Waals surface area contributed by atoms with Gasteiger partial charge in [-0.25, -0.2) is 9.18 Å². The summed E-state index contributed by atoms with van der Waals surface area (Å²) in [5, 5.41) is 9.71. The van der Waals surface area contributed by atoms with Crippen LogP contribution in [0.3, 0.4) is 0 Å². The van der Waals surface area contributed by atoms with E-state index in [1.54, 1.807) is 12.1 Å². The van der Waals surface area contributed by atoms with Crippen LogP contribution < -0.4 is 0 Å². The Bertz CT molecular complexity index is 1180. The highest BCUT2D eigenvalue weighted by atomic mass is 32.1. The van der Waals surface area contributed by atoms with Crippen LogP contribution in [0.4, 0.5) is 4.39 Å². The Morgan fingerprint density at radius 1 is 1.18 bits per heavy atom. The Morgan fingerprint density at radius 3 is 2.70 bits per heavy atom. The molecule has 0 amide bonds. The highest BCUT2D eigenvalue weighted by molar-refractivity contribution is 7.21. The highest BCUT2D eigenvalue weighted by Gasteiger charge is 2.31.